The molecule has 2 N–H and O–H groups in total. The third-order valence-corrected chi connectivity index (χ3v) is 9.04. The Labute approximate surface area is 300 Å². The number of phenolic OH excluding ortho intramolecular Hbond substituents is 1. The van der Waals surface area contributed by atoms with Gasteiger partial charge in [-0.25, -0.2) is 9.97 Å². The van der Waals surface area contributed by atoms with E-state index in [0.717, 1.165) is 103 Å². The van der Waals surface area contributed by atoms with Crippen LogP contribution < -0.4 is 24.4 Å². The summed E-state index contributed by atoms with van der Waals surface area (Å²) in [5, 5.41) is 13.6. The second-order valence-electron chi connectivity index (χ2n) is 11.7. The molecular formula is C38H42BrN5O6. The highest BCUT2D eigenvalue weighted by Crippen LogP contribution is 2.35. The van der Waals surface area contributed by atoms with Crippen molar-refractivity contribution in [3.05, 3.63) is 89.7 Å². The molecule has 5 aromatic rings. The second kappa shape index (κ2) is 17.3. The van der Waals surface area contributed by atoms with Gasteiger partial charge in [0.05, 0.1) is 46.2 Å². The third kappa shape index (κ3) is 9.13. The molecule has 3 heterocycles. The summed E-state index contributed by atoms with van der Waals surface area (Å²) in [7, 11) is 3.19. The third-order valence-electron chi connectivity index (χ3n) is 8.55. The fraction of sp³-hybridized carbons (Fsp3) is 0.316. The molecule has 0 bridgehead atoms. The SMILES string of the molecule is COc1cc(-c2ccc3ncnc(Nc4ccc(N5CCOCC5)cc4)c3c2)ccc1OCCN1CCOCC1.COc1ccc(Br)cc1O. The van der Waals surface area contributed by atoms with Crippen LogP contribution in [0.2, 0.25) is 0 Å². The molecule has 0 saturated carbocycles. The van der Waals surface area contributed by atoms with Gasteiger partial charge in [0, 0.05) is 54.0 Å². The summed E-state index contributed by atoms with van der Waals surface area (Å²) in [6, 6.07) is 25.8. The van der Waals surface area contributed by atoms with Crippen molar-refractivity contribution < 1.29 is 28.8 Å². The molecule has 12 heteroatoms. The summed E-state index contributed by atoms with van der Waals surface area (Å²) in [5.74, 6) is 2.86. The van der Waals surface area contributed by atoms with E-state index in [0.29, 0.717) is 18.1 Å². The number of anilines is 3. The van der Waals surface area contributed by atoms with Gasteiger partial charge in [-0.2, -0.15) is 0 Å². The van der Waals surface area contributed by atoms with Crippen LogP contribution in [0.15, 0.2) is 89.7 Å². The van der Waals surface area contributed by atoms with Crippen molar-refractivity contribution in [2.75, 3.05) is 90.2 Å². The summed E-state index contributed by atoms with van der Waals surface area (Å²) in [4.78, 5) is 13.7. The summed E-state index contributed by atoms with van der Waals surface area (Å²) in [6.07, 6.45) is 1.60. The van der Waals surface area contributed by atoms with Gasteiger partial charge in [-0.15, -0.1) is 0 Å². The van der Waals surface area contributed by atoms with Crippen LogP contribution in [-0.4, -0.2) is 100.0 Å². The number of halogens is 1. The molecule has 1 aromatic heterocycles. The highest BCUT2D eigenvalue weighted by atomic mass is 79.9. The lowest BCUT2D eigenvalue weighted by molar-refractivity contribution is 0.0321. The average molecular weight is 745 g/mol. The van der Waals surface area contributed by atoms with Gasteiger partial charge < -0.3 is 39.0 Å². The van der Waals surface area contributed by atoms with E-state index in [1.54, 1.807) is 31.6 Å². The van der Waals surface area contributed by atoms with Gasteiger partial charge >= 0.3 is 0 Å². The van der Waals surface area contributed by atoms with Gasteiger partial charge in [-0.3, -0.25) is 4.90 Å². The van der Waals surface area contributed by atoms with Crippen LogP contribution in [-0.2, 0) is 9.47 Å². The Morgan fingerprint density at radius 3 is 2.16 bits per heavy atom. The number of aromatic nitrogens is 2. The zero-order valence-corrected chi connectivity index (χ0v) is 29.9. The number of fused-ring (bicyclic) bond motifs is 1. The van der Waals surface area contributed by atoms with Crippen LogP contribution >= 0.6 is 15.9 Å². The quantitative estimate of drug-likeness (QED) is 0.158. The summed E-state index contributed by atoms with van der Waals surface area (Å²) in [5.41, 5.74) is 5.13. The standard InChI is InChI=1S/C31H35N5O4.C7H7BrO2/c1-37-30-21-24(3-9-29(30)40-19-12-35-10-15-38-16-11-35)23-2-8-28-27(20-23)31(33-22-32-28)34-25-4-6-26(7-5-25)36-13-17-39-18-14-36;1-10-7-3-2-5(8)4-6(7)9/h2-9,20-22H,10-19H2,1H3,(H,32,33,34);2-4,9H,1H3. The number of methoxy groups -OCH3 is 2. The van der Waals surface area contributed by atoms with E-state index in [9.17, 15) is 0 Å². The molecule has 0 unspecified atom stereocenters. The molecular weight excluding hydrogens is 702 g/mol. The lowest BCUT2D eigenvalue weighted by Gasteiger charge is -2.28. The molecule has 0 amide bonds. The zero-order valence-electron chi connectivity index (χ0n) is 28.3. The molecule has 0 spiro atoms. The van der Waals surface area contributed by atoms with Crippen molar-refractivity contribution in [2.24, 2.45) is 0 Å². The maximum atomic E-state index is 9.14. The van der Waals surface area contributed by atoms with Gasteiger partial charge in [0.25, 0.3) is 0 Å². The second-order valence-corrected chi connectivity index (χ2v) is 12.6. The molecule has 2 aliphatic rings. The van der Waals surface area contributed by atoms with E-state index in [1.807, 2.05) is 18.2 Å². The molecule has 2 aliphatic heterocycles. The minimum atomic E-state index is 0.150. The number of nitrogens with one attached hydrogen (secondary N) is 1. The van der Waals surface area contributed by atoms with Crippen molar-refractivity contribution in [3.8, 4) is 34.1 Å². The van der Waals surface area contributed by atoms with Crippen LogP contribution in [0.5, 0.6) is 23.0 Å². The van der Waals surface area contributed by atoms with E-state index in [2.05, 4.69) is 83.5 Å². The van der Waals surface area contributed by atoms with Gasteiger partial charge in [-0.05, 0) is 77.9 Å². The predicted octanol–water partition coefficient (Wildman–Crippen LogP) is 6.76. The summed E-state index contributed by atoms with van der Waals surface area (Å²) in [6.45, 7) is 8.30. The Bertz CT molecular complexity index is 1850. The zero-order chi connectivity index (χ0) is 34.7. The molecule has 50 heavy (non-hydrogen) atoms. The maximum Gasteiger partial charge on any atom is 0.161 e. The van der Waals surface area contributed by atoms with E-state index in [-0.39, 0.29) is 5.75 Å². The van der Waals surface area contributed by atoms with Crippen molar-refractivity contribution in [1.29, 1.82) is 0 Å². The molecule has 0 aliphatic carbocycles. The predicted molar refractivity (Wildman–Crippen MR) is 199 cm³/mol. The Hall–Kier alpha value is -4.62. The first-order valence-corrected chi connectivity index (χ1v) is 17.4. The molecule has 7 rings (SSSR count). The van der Waals surface area contributed by atoms with Crippen molar-refractivity contribution in [2.45, 2.75) is 0 Å². The van der Waals surface area contributed by atoms with Crippen LogP contribution in [0.25, 0.3) is 22.0 Å². The molecule has 11 nitrogen and oxygen atoms in total. The summed E-state index contributed by atoms with van der Waals surface area (Å²) >= 11 is 3.21. The number of nitrogens with zero attached hydrogens (tertiary/aromatic N) is 4. The number of benzene rings is 4. The van der Waals surface area contributed by atoms with Gasteiger partial charge in [0.15, 0.2) is 23.0 Å². The molecule has 0 atom stereocenters. The fourth-order valence-corrected chi connectivity index (χ4v) is 6.14. The number of rotatable bonds is 10. The Morgan fingerprint density at radius 2 is 1.44 bits per heavy atom. The topological polar surface area (TPSA) is 111 Å². The average Bonchev–Trinajstić information content (AvgIpc) is 3.16. The number of morpholine rings is 2. The monoisotopic (exact) mass is 743 g/mol. The van der Waals surface area contributed by atoms with Gasteiger partial charge in [-0.1, -0.05) is 28.1 Å². The number of aromatic hydroxyl groups is 1. The molecule has 2 fully saturated rings. The minimum absolute atomic E-state index is 0.150. The molecule has 0 radical (unpaired) electrons. The van der Waals surface area contributed by atoms with Crippen LogP contribution in [0.4, 0.5) is 17.2 Å². The number of hydrogen-bond donors (Lipinski definition) is 2. The minimum Gasteiger partial charge on any atom is -0.504 e. The number of hydrogen-bond acceptors (Lipinski definition) is 11. The van der Waals surface area contributed by atoms with E-state index in [4.69, 9.17) is 28.8 Å². The smallest absolute Gasteiger partial charge is 0.161 e. The lowest BCUT2D eigenvalue weighted by Crippen LogP contribution is -2.38. The van der Waals surface area contributed by atoms with E-state index < -0.39 is 0 Å². The molecule has 2 saturated heterocycles. The first-order chi connectivity index (χ1) is 24.5. The first kappa shape index (κ1) is 35.2. The van der Waals surface area contributed by atoms with Crippen LogP contribution in [0.1, 0.15) is 0 Å². The largest absolute Gasteiger partial charge is 0.504 e. The number of ether oxygens (including phenoxy) is 5. The van der Waals surface area contributed by atoms with Crippen molar-refractivity contribution >= 4 is 44.0 Å². The Balaban J connectivity index is 0.000000373. The normalized spacial score (nSPS) is 14.8. The summed E-state index contributed by atoms with van der Waals surface area (Å²) < 4.78 is 28.3. The maximum absolute atomic E-state index is 9.14. The van der Waals surface area contributed by atoms with Crippen molar-refractivity contribution in [3.63, 3.8) is 0 Å². The van der Waals surface area contributed by atoms with Crippen LogP contribution in [0.3, 0.4) is 0 Å². The fourth-order valence-electron chi connectivity index (χ4n) is 5.79. The Morgan fingerprint density at radius 1 is 0.760 bits per heavy atom. The van der Waals surface area contributed by atoms with Crippen molar-refractivity contribution in [1.82, 2.24) is 14.9 Å². The first-order valence-electron chi connectivity index (χ1n) is 16.6. The van der Waals surface area contributed by atoms with Crippen LogP contribution in [0, 0.1) is 0 Å². The van der Waals surface area contributed by atoms with Gasteiger partial charge in [0.2, 0.25) is 0 Å². The highest BCUT2D eigenvalue weighted by Gasteiger charge is 2.14. The lowest BCUT2D eigenvalue weighted by atomic mass is 10.0. The highest BCUT2D eigenvalue weighted by molar-refractivity contribution is 9.10. The van der Waals surface area contributed by atoms with E-state index >= 15 is 0 Å². The molecule has 262 valence electrons. The molecule has 4 aromatic carbocycles. The van der Waals surface area contributed by atoms with Gasteiger partial charge in [0.1, 0.15) is 18.8 Å². The van der Waals surface area contributed by atoms with E-state index in [1.165, 1.54) is 12.8 Å². The Kier molecular flexibility index (Phi) is 12.2. The number of phenols is 1.